The molecule has 2 aliphatic rings. The molecule has 2 fully saturated rings. The second kappa shape index (κ2) is 15.1. The molecule has 2 aromatic rings. The lowest BCUT2D eigenvalue weighted by molar-refractivity contribution is -0.133. The quantitative estimate of drug-likeness (QED) is 0.188. The molecule has 1 amide bonds. The van der Waals surface area contributed by atoms with Crippen molar-refractivity contribution in [1.29, 1.82) is 5.26 Å². The summed E-state index contributed by atoms with van der Waals surface area (Å²) >= 11 is 2.70. The SMILES string of the molecule is Fc1ccc(SCCCCN2CC(F)C2)cc1.N#Cc1cc(SNC(=O)C2CCCCO2)cc(F)c1N. The zero-order valence-electron chi connectivity index (χ0n) is 20.4. The van der Waals surface area contributed by atoms with Gasteiger partial charge in [-0.15, -0.1) is 11.8 Å². The van der Waals surface area contributed by atoms with Crippen LogP contribution in [0.5, 0.6) is 0 Å². The fourth-order valence-corrected chi connectivity index (χ4v) is 5.32. The van der Waals surface area contributed by atoms with E-state index in [1.54, 1.807) is 11.8 Å². The third-order valence-electron chi connectivity index (χ3n) is 5.83. The van der Waals surface area contributed by atoms with Crippen LogP contribution in [0.4, 0.5) is 18.9 Å². The van der Waals surface area contributed by atoms with Crippen molar-refractivity contribution in [3.63, 3.8) is 0 Å². The number of nitrogens with one attached hydrogen (secondary N) is 1. The molecule has 1 unspecified atom stereocenters. The molecule has 0 aliphatic carbocycles. The molecule has 2 aromatic carbocycles. The Balaban J connectivity index is 0.000000208. The highest BCUT2D eigenvalue weighted by Gasteiger charge is 2.25. The number of unbranched alkanes of at least 4 members (excludes halogenated alkanes) is 1. The van der Waals surface area contributed by atoms with Gasteiger partial charge in [-0.05, 0) is 92.7 Å². The zero-order valence-corrected chi connectivity index (χ0v) is 22.1. The number of rotatable bonds is 9. The number of nitriles is 1. The van der Waals surface area contributed by atoms with Gasteiger partial charge in [0.05, 0.1) is 11.3 Å². The van der Waals surface area contributed by atoms with Gasteiger partial charge in [-0.25, -0.2) is 13.2 Å². The molecule has 0 aromatic heterocycles. The van der Waals surface area contributed by atoms with Crippen LogP contribution in [-0.2, 0) is 9.53 Å². The van der Waals surface area contributed by atoms with Crippen molar-refractivity contribution in [3.05, 3.63) is 53.6 Å². The molecule has 0 bridgehead atoms. The third kappa shape index (κ3) is 9.78. The fraction of sp³-hybridized carbons (Fsp3) is 0.462. The predicted octanol–water partition coefficient (Wildman–Crippen LogP) is 5.32. The van der Waals surface area contributed by atoms with Gasteiger partial charge in [-0.1, -0.05) is 0 Å². The topological polar surface area (TPSA) is 91.4 Å². The predicted molar refractivity (Wildman–Crippen MR) is 141 cm³/mol. The third-order valence-corrected chi connectivity index (χ3v) is 7.70. The fourth-order valence-electron chi connectivity index (χ4n) is 3.71. The number of anilines is 1. The number of nitrogens with two attached hydrogens (primary N) is 1. The summed E-state index contributed by atoms with van der Waals surface area (Å²) in [5.41, 5.74) is 5.29. The van der Waals surface area contributed by atoms with E-state index in [0.717, 1.165) is 54.8 Å². The minimum Gasteiger partial charge on any atom is -0.395 e. The number of hydrogen-bond acceptors (Lipinski definition) is 7. The highest BCUT2D eigenvalue weighted by Crippen LogP contribution is 2.25. The molecule has 0 saturated carbocycles. The van der Waals surface area contributed by atoms with Crippen LogP contribution in [-0.4, -0.2) is 55.1 Å². The summed E-state index contributed by atoms with van der Waals surface area (Å²) in [4.78, 5) is 15.5. The van der Waals surface area contributed by atoms with Crippen molar-refractivity contribution in [1.82, 2.24) is 9.62 Å². The number of thioether (sulfide) groups is 1. The van der Waals surface area contributed by atoms with Gasteiger partial charge in [0.2, 0.25) is 0 Å². The maximum absolute atomic E-state index is 13.5. The van der Waals surface area contributed by atoms with Gasteiger partial charge < -0.3 is 10.5 Å². The molecular weight excluding hydrogens is 521 g/mol. The summed E-state index contributed by atoms with van der Waals surface area (Å²) in [6.45, 7) is 2.82. The maximum atomic E-state index is 13.5. The molecule has 1 atom stereocenters. The molecule has 3 N–H and O–H groups in total. The molecule has 2 saturated heterocycles. The first-order valence-electron chi connectivity index (χ1n) is 12.2. The second-order valence-electron chi connectivity index (χ2n) is 8.77. The van der Waals surface area contributed by atoms with Crippen LogP contribution >= 0.6 is 23.7 Å². The Labute approximate surface area is 224 Å². The number of halogens is 3. The Morgan fingerprint density at radius 2 is 1.92 bits per heavy atom. The van der Waals surface area contributed by atoms with Crippen LogP contribution in [0.25, 0.3) is 0 Å². The van der Waals surface area contributed by atoms with Gasteiger partial charge >= 0.3 is 0 Å². The van der Waals surface area contributed by atoms with E-state index in [9.17, 15) is 18.0 Å². The van der Waals surface area contributed by atoms with Crippen LogP contribution in [0.1, 0.15) is 37.7 Å². The van der Waals surface area contributed by atoms with Gasteiger partial charge in [0.1, 0.15) is 30.0 Å². The van der Waals surface area contributed by atoms with Gasteiger partial charge in [0.25, 0.3) is 5.91 Å². The van der Waals surface area contributed by atoms with E-state index in [4.69, 9.17) is 15.7 Å². The van der Waals surface area contributed by atoms with Crippen molar-refractivity contribution in [2.24, 2.45) is 0 Å². The number of amides is 1. The monoisotopic (exact) mass is 552 g/mol. The zero-order chi connectivity index (χ0) is 26.6. The van der Waals surface area contributed by atoms with E-state index >= 15 is 0 Å². The molecule has 200 valence electrons. The summed E-state index contributed by atoms with van der Waals surface area (Å²) in [5, 5.41) is 8.84. The van der Waals surface area contributed by atoms with E-state index in [-0.39, 0.29) is 23.0 Å². The van der Waals surface area contributed by atoms with Crippen LogP contribution in [0.2, 0.25) is 0 Å². The summed E-state index contributed by atoms with van der Waals surface area (Å²) in [7, 11) is 0. The molecule has 6 nitrogen and oxygen atoms in total. The average Bonchev–Trinajstić information content (AvgIpc) is 2.89. The first-order valence-corrected chi connectivity index (χ1v) is 14.0. The molecule has 0 spiro atoms. The Hall–Kier alpha value is -2.39. The summed E-state index contributed by atoms with van der Waals surface area (Å²) in [5.74, 6) is -0.0634. The normalized spacial score (nSPS) is 17.7. The number of ether oxygens (including phenoxy) is 1. The van der Waals surface area contributed by atoms with E-state index in [1.165, 1.54) is 24.3 Å². The van der Waals surface area contributed by atoms with Crippen LogP contribution in [0, 0.1) is 23.0 Å². The number of nitrogen functional groups attached to an aromatic ring is 1. The standard InChI is InChI=1S/C13H17F2NS.C13H14FN3O2S/c14-11-3-5-13(6-4-11)17-8-2-1-7-16-9-12(15)10-16;14-10-6-9(5-8(7-15)12(10)16)20-17-13(18)11-3-1-2-4-19-11/h3-6,12H,1-2,7-10H2;5-6,11H,1-4,16H2,(H,17,18). The first-order chi connectivity index (χ1) is 17.9. The molecule has 37 heavy (non-hydrogen) atoms. The van der Waals surface area contributed by atoms with E-state index in [2.05, 4.69) is 9.62 Å². The molecule has 2 aliphatic heterocycles. The van der Waals surface area contributed by atoms with Gasteiger partial charge in [-0.3, -0.25) is 14.4 Å². The van der Waals surface area contributed by atoms with Crippen molar-refractivity contribution < 1.29 is 22.7 Å². The molecule has 11 heteroatoms. The summed E-state index contributed by atoms with van der Waals surface area (Å²) in [6, 6.07) is 11.0. The number of carbonyl (C=O) groups is 1. The highest BCUT2D eigenvalue weighted by molar-refractivity contribution is 7.99. The lowest BCUT2D eigenvalue weighted by Crippen LogP contribution is -2.48. The number of carbonyl (C=O) groups excluding carboxylic acids is 1. The minimum absolute atomic E-state index is 0.0515. The number of benzene rings is 2. The van der Waals surface area contributed by atoms with Crippen LogP contribution < -0.4 is 10.5 Å². The lowest BCUT2D eigenvalue weighted by Gasteiger charge is -2.34. The number of likely N-dealkylation sites (tertiary alicyclic amines) is 1. The van der Waals surface area contributed by atoms with Crippen LogP contribution in [0.3, 0.4) is 0 Å². The number of nitrogens with zero attached hydrogens (tertiary/aromatic N) is 2. The molecule has 4 rings (SSSR count). The summed E-state index contributed by atoms with van der Waals surface area (Å²) < 4.78 is 46.6. The Morgan fingerprint density at radius 3 is 2.57 bits per heavy atom. The number of alkyl halides is 1. The van der Waals surface area contributed by atoms with Crippen LogP contribution in [0.15, 0.2) is 46.2 Å². The summed E-state index contributed by atoms with van der Waals surface area (Å²) in [6.07, 6.45) is 3.79. The second-order valence-corrected chi connectivity index (χ2v) is 10.8. The van der Waals surface area contributed by atoms with Crippen molar-refractivity contribution >= 4 is 35.3 Å². The lowest BCUT2D eigenvalue weighted by atomic mass is 10.1. The maximum Gasteiger partial charge on any atom is 0.259 e. The number of hydrogen-bond donors (Lipinski definition) is 2. The Bertz CT molecular complexity index is 1060. The van der Waals surface area contributed by atoms with Gasteiger partial charge in [0, 0.05) is 29.5 Å². The van der Waals surface area contributed by atoms with E-state index in [0.29, 0.717) is 31.0 Å². The average molecular weight is 553 g/mol. The molecule has 0 radical (unpaired) electrons. The van der Waals surface area contributed by atoms with Crippen molar-refractivity contribution in [2.45, 2.75) is 54.2 Å². The smallest absolute Gasteiger partial charge is 0.259 e. The largest absolute Gasteiger partial charge is 0.395 e. The van der Waals surface area contributed by atoms with Crippen molar-refractivity contribution in [2.75, 3.05) is 37.7 Å². The van der Waals surface area contributed by atoms with Gasteiger partial charge in [0.15, 0.2) is 0 Å². The molecular formula is C26H31F3N4O2S2. The molecule has 2 heterocycles. The highest BCUT2D eigenvalue weighted by atomic mass is 32.2. The minimum atomic E-state index is -0.672. The van der Waals surface area contributed by atoms with Crippen molar-refractivity contribution in [3.8, 4) is 6.07 Å². The first kappa shape index (κ1) is 29.2. The van der Waals surface area contributed by atoms with Gasteiger partial charge in [-0.2, -0.15) is 5.26 Å². The Morgan fingerprint density at radius 1 is 1.16 bits per heavy atom. The van der Waals surface area contributed by atoms with E-state index < -0.39 is 18.1 Å². The van der Waals surface area contributed by atoms with E-state index in [1.807, 2.05) is 18.2 Å². The Kier molecular flexibility index (Phi) is 11.9.